The predicted octanol–water partition coefficient (Wildman–Crippen LogP) is 1.19. The van der Waals surface area contributed by atoms with Gasteiger partial charge in [-0.15, -0.1) is 0 Å². The molecule has 0 unspecified atom stereocenters. The van der Waals surface area contributed by atoms with Crippen molar-refractivity contribution in [1.82, 2.24) is 14.5 Å². The summed E-state index contributed by atoms with van der Waals surface area (Å²) in [7, 11) is 1.62. The van der Waals surface area contributed by atoms with E-state index in [0.717, 1.165) is 6.07 Å². The van der Waals surface area contributed by atoms with Crippen molar-refractivity contribution in [3.8, 4) is 0 Å². The van der Waals surface area contributed by atoms with Crippen LogP contribution in [0, 0.1) is 11.6 Å². The molecule has 1 aromatic heterocycles. The first kappa shape index (κ1) is 15.3. The van der Waals surface area contributed by atoms with Crippen LogP contribution in [-0.4, -0.2) is 26.9 Å². The van der Waals surface area contributed by atoms with E-state index < -0.39 is 11.6 Å². The molecule has 0 saturated carbocycles. The van der Waals surface area contributed by atoms with Gasteiger partial charge in [0, 0.05) is 24.7 Å². The molecule has 2 heterocycles. The first-order valence-corrected chi connectivity index (χ1v) is 7.21. The molecule has 0 N–H and O–H groups in total. The summed E-state index contributed by atoms with van der Waals surface area (Å²) in [6.45, 7) is 0.574. The van der Waals surface area contributed by atoms with Crippen LogP contribution in [0.4, 0.5) is 8.78 Å². The molecular formula is C16H15F2N3O2. The third-order valence-electron chi connectivity index (χ3n) is 4.01. The highest BCUT2D eigenvalue weighted by molar-refractivity contribution is 5.79. The molecule has 5 nitrogen and oxygen atoms in total. The van der Waals surface area contributed by atoms with Gasteiger partial charge in [-0.25, -0.2) is 13.8 Å². The molecule has 0 saturated heterocycles. The molecular weight excluding hydrogens is 304 g/mol. The maximum atomic E-state index is 13.7. The zero-order valence-electron chi connectivity index (χ0n) is 12.6. The number of fused-ring (bicyclic) bond motifs is 1. The predicted molar refractivity (Wildman–Crippen MR) is 78.7 cm³/mol. The Kier molecular flexibility index (Phi) is 3.94. The van der Waals surface area contributed by atoms with Gasteiger partial charge in [-0.2, -0.15) is 0 Å². The fourth-order valence-electron chi connectivity index (χ4n) is 2.69. The molecule has 23 heavy (non-hydrogen) atoms. The highest BCUT2D eigenvalue weighted by atomic mass is 19.2. The molecule has 1 aliphatic heterocycles. The van der Waals surface area contributed by atoms with Gasteiger partial charge in [0.15, 0.2) is 11.6 Å². The Morgan fingerprint density at radius 2 is 2.13 bits per heavy atom. The van der Waals surface area contributed by atoms with E-state index >= 15 is 0 Å². The summed E-state index contributed by atoms with van der Waals surface area (Å²) in [6.07, 6.45) is 1.61. The van der Waals surface area contributed by atoms with Crippen LogP contribution in [0.15, 0.2) is 29.3 Å². The molecule has 3 rings (SSSR count). The Bertz CT molecular complexity index is 833. The summed E-state index contributed by atoms with van der Waals surface area (Å²) in [5, 5.41) is 0. The van der Waals surface area contributed by atoms with Gasteiger partial charge in [0.25, 0.3) is 5.56 Å². The number of amides is 1. The number of carbonyl (C=O) groups excluding carboxylic acids is 1. The quantitative estimate of drug-likeness (QED) is 0.835. The van der Waals surface area contributed by atoms with Gasteiger partial charge < -0.3 is 9.47 Å². The monoisotopic (exact) mass is 319 g/mol. The third kappa shape index (κ3) is 2.86. The number of carbonyl (C=O) groups is 1. The third-order valence-corrected chi connectivity index (χ3v) is 4.01. The van der Waals surface area contributed by atoms with Gasteiger partial charge in [-0.05, 0) is 12.5 Å². The van der Waals surface area contributed by atoms with Crippen molar-refractivity contribution in [2.75, 3.05) is 6.54 Å². The van der Waals surface area contributed by atoms with E-state index in [2.05, 4.69) is 4.98 Å². The highest BCUT2D eigenvalue weighted by Gasteiger charge is 2.25. The fraction of sp³-hybridized carbons (Fsp3) is 0.312. The van der Waals surface area contributed by atoms with Crippen molar-refractivity contribution < 1.29 is 13.6 Å². The Balaban J connectivity index is 1.78. The summed E-state index contributed by atoms with van der Waals surface area (Å²) in [5.41, 5.74) is 1.08. The minimum atomic E-state index is -0.995. The number of nitrogens with zero attached hydrogens (tertiary/aromatic N) is 3. The summed E-state index contributed by atoms with van der Waals surface area (Å²) in [6, 6.07) is 3.78. The van der Waals surface area contributed by atoms with E-state index in [4.69, 9.17) is 0 Å². The number of aryl methyl sites for hydroxylation is 1. The molecule has 1 aromatic carbocycles. The molecule has 0 spiro atoms. The van der Waals surface area contributed by atoms with Crippen LogP contribution in [-0.2, 0) is 31.2 Å². The van der Waals surface area contributed by atoms with Gasteiger partial charge in [0.05, 0.1) is 25.0 Å². The van der Waals surface area contributed by atoms with Crippen LogP contribution in [0.1, 0.15) is 16.8 Å². The fourth-order valence-corrected chi connectivity index (χ4v) is 2.69. The van der Waals surface area contributed by atoms with E-state index in [9.17, 15) is 18.4 Å². The second-order valence-electron chi connectivity index (χ2n) is 5.54. The summed E-state index contributed by atoms with van der Waals surface area (Å²) >= 11 is 0. The van der Waals surface area contributed by atoms with E-state index in [0.29, 0.717) is 24.2 Å². The molecule has 0 bridgehead atoms. The number of halogens is 2. The summed E-state index contributed by atoms with van der Waals surface area (Å²) < 4.78 is 28.3. The van der Waals surface area contributed by atoms with Gasteiger partial charge in [-0.1, -0.05) is 12.1 Å². The van der Waals surface area contributed by atoms with Gasteiger partial charge in [-0.3, -0.25) is 9.59 Å². The van der Waals surface area contributed by atoms with E-state index in [-0.39, 0.29) is 30.0 Å². The highest BCUT2D eigenvalue weighted by Crippen LogP contribution is 2.17. The smallest absolute Gasteiger partial charge is 0.256 e. The lowest BCUT2D eigenvalue weighted by molar-refractivity contribution is -0.131. The molecule has 2 aromatic rings. The molecule has 1 aliphatic rings. The van der Waals surface area contributed by atoms with Crippen LogP contribution >= 0.6 is 0 Å². The van der Waals surface area contributed by atoms with Crippen molar-refractivity contribution in [2.45, 2.75) is 19.4 Å². The van der Waals surface area contributed by atoms with Crippen molar-refractivity contribution in [3.63, 3.8) is 0 Å². The normalized spacial score (nSPS) is 13.8. The Morgan fingerprint density at radius 1 is 1.35 bits per heavy atom. The van der Waals surface area contributed by atoms with Crippen LogP contribution < -0.4 is 5.56 Å². The van der Waals surface area contributed by atoms with Crippen molar-refractivity contribution >= 4 is 5.91 Å². The Morgan fingerprint density at radius 3 is 2.91 bits per heavy atom. The number of benzene rings is 1. The lowest BCUT2D eigenvalue weighted by Crippen LogP contribution is -2.40. The molecule has 0 atom stereocenters. The average Bonchev–Trinajstić information content (AvgIpc) is 2.55. The molecule has 1 amide bonds. The zero-order chi connectivity index (χ0) is 16.6. The topological polar surface area (TPSA) is 55.2 Å². The number of hydrogen-bond acceptors (Lipinski definition) is 3. The number of aromatic nitrogens is 2. The van der Waals surface area contributed by atoms with Crippen molar-refractivity contribution in [3.05, 3.63) is 63.3 Å². The van der Waals surface area contributed by atoms with Crippen molar-refractivity contribution in [1.29, 1.82) is 0 Å². The van der Waals surface area contributed by atoms with Crippen molar-refractivity contribution in [2.24, 2.45) is 7.05 Å². The molecule has 7 heteroatoms. The van der Waals surface area contributed by atoms with Gasteiger partial charge in [0.1, 0.15) is 0 Å². The minimum absolute atomic E-state index is 0.0257. The van der Waals surface area contributed by atoms with Crippen LogP contribution in [0.25, 0.3) is 0 Å². The zero-order valence-corrected chi connectivity index (χ0v) is 12.6. The lowest BCUT2D eigenvalue weighted by atomic mass is 10.0. The van der Waals surface area contributed by atoms with Crippen LogP contribution in [0.2, 0.25) is 0 Å². The SMILES string of the molecule is Cn1cnc2c(c1=O)CCN(C(=O)Cc1cccc(F)c1F)C2. The average molecular weight is 319 g/mol. The molecule has 0 aliphatic carbocycles. The van der Waals surface area contributed by atoms with E-state index in [1.54, 1.807) is 7.05 Å². The summed E-state index contributed by atoms with van der Waals surface area (Å²) in [5.74, 6) is -2.28. The lowest BCUT2D eigenvalue weighted by Gasteiger charge is -2.28. The molecule has 0 radical (unpaired) electrons. The Hall–Kier alpha value is -2.57. The maximum absolute atomic E-state index is 13.7. The van der Waals surface area contributed by atoms with E-state index in [1.165, 1.54) is 27.9 Å². The second kappa shape index (κ2) is 5.91. The molecule has 120 valence electrons. The number of hydrogen-bond donors (Lipinski definition) is 0. The van der Waals surface area contributed by atoms with Crippen LogP contribution in [0.5, 0.6) is 0 Å². The first-order valence-electron chi connectivity index (χ1n) is 7.21. The second-order valence-corrected chi connectivity index (χ2v) is 5.54. The van der Waals surface area contributed by atoms with E-state index in [1.807, 2.05) is 0 Å². The van der Waals surface area contributed by atoms with Gasteiger partial charge in [0.2, 0.25) is 5.91 Å². The Labute approximate surface area is 131 Å². The standard InChI is InChI=1S/C16H15F2N3O2/c1-20-9-19-13-8-21(6-5-11(13)16(20)23)14(22)7-10-3-2-4-12(17)15(10)18/h2-4,9H,5-8H2,1H3. The largest absolute Gasteiger partial charge is 0.336 e. The van der Waals surface area contributed by atoms with Crippen LogP contribution in [0.3, 0.4) is 0 Å². The summed E-state index contributed by atoms with van der Waals surface area (Å²) in [4.78, 5) is 30.0. The molecule has 0 fully saturated rings. The minimum Gasteiger partial charge on any atom is -0.336 e. The number of rotatable bonds is 2. The maximum Gasteiger partial charge on any atom is 0.256 e. The van der Waals surface area contributed by atoms with Gasteiger partial charge >= 0.3 is 0 Å². The first-order chi connectivity index (χ1) is 11.0.